The second-order valence-corrected chi connectivity index (χ2v) is 5.97. The number of aromatic amines is 1. The molecule has 3 aromatic rings. The van der Waals surface area contributed by atoms with Gasteiger partial charge in [-0.25, -0.2) is 0 Å². The van der Waals surface area contributed by atoms with Crippen molar-refractivity contribution in [2.24, 2.45) is 0 Å². The van der Waals surface area contributed by atoms with Crippen LogP contribution in [0.4, 0.5) is 8.78 Å². The van der Waals surface area contributed by atoms with Gasteiger partial charge in [0, 0.05) is 41.9 Å². The molecule has 0 aliphatic heterocycles. The number of benzene rings is 1. The molecule has 0 amide bonds. The van der Waals surface area contributed by atoms with Crippen molar-refractivity contribution in [2.45, 2.75) is 13.0 Å². The molecule has 0 unspecified atom stereocenters. The summed E-state index contributed by atoms with van der Waals surface area (Å²) in [5.74, 6) is 0. The van der Waals surface area contributed by atoms with Gasteiger partial charge in [-0.05, 0) is 43.3 Å². The largest absolute Gasteiger partial charge is 0.361 e. The van der Waals surface area contributed by atoms with Crippen molar-refractivity contribution in [1.82, 2.24) is 14.9 Å². The molecule has 0 spiro atoms. The highest BCUT2D eigenvalue weighted by molar-refractivity contribution is 5.87. The number of alkyl halides is 2. The number of halogens is 2. The number of nitrogens with zero attached hydrogens (tertiary/aromatic N) is 2. The molecule has 0 radical (unpaired) electrons. The fourth-order valence-electron chi connectivity index (χ4n) is 2.80. The Balaban J connectivity index is 1.68. The van der Waals surface area contributed by atoms with Crippen molar-refractivity contribution in [1.29, 1.82) is 0 Å². The van der Waals surface area contributed by atoms with Gasteiger partial charge in [-0.3, -0.25) is 4.98 Å². The highest BCUT2D eigenvalue weighted by atomic mass is 19.3. The van der Waals surface area contributed by atoms with Crippen molar-refractivity contribution in [2.75, 3.05) is 26.7 Å². The van der Waals surface area contributed by atoms with Crippen molar-refractivity contribution in [3.05, 3.63) is 54.4 Å². The zero-order valence-corrected chi connectivity index (χ0v) is 14.1. The lowest BCUT2D eigenvalue weighted by molar-refractivity contribution is -0.131. The molecule has 0 fully saturated rings. The smallest absolute Gasteiger partial charge is 0.345 e. The van der Waals surface area contributed by atoms with Gasteiger partial charge in [0.25, 0.3) is 0 Å². The van der Waals surface area contributed by atoms with Gasteiger partial charge in [-0.15, -0.1) is 0 Å². The molecule has 25 heavy (non-hydrogen) atoms. The first-order valence-corrected chi connectivity index (χ1v) is 8.23. The molecular formula is C19H21F2N3O. The number of fused-ring (bicyclic) bond motifs is 1. The summed E-state index contributed by atoms with van der Waals surface area (Å²) in [5.41, 5.74) is 4.30. The lowest BCUT2D eigenvalue weighted by Gasteiger charge is -2.16. The van der Waals surface area contributed by atoms with Crippen LogP contribution in [0.2, 0.25) is 0 Å². The Bertz CT molecular complexity index is 805. The SMILES string of the molecule is CN(CCOC(F)F)CCc1c[nH]c2ccc(-c3ccccn3)cc12. The molecule has 132 valence electrons. The summed E-state index contributed by atoms with van der Waals surface area (Å²) in [6.07, 6.45) is 4.63. The second-order valence-electron chi connectivity index (χ2n) is 5.97. The predicted octanol–water partition coefficient (Wildman–Crippen LogP) is 3.94. The third-order valence-corrected chi connectivity index (χ3v) is 4.21. The van der Waals surface area contributed by atoms with E-state index in [0.717, 1.165) is 29.7 Å². The number of rotatable bonds is 8. The van der Waals surface area contributed by atoms with E-state index in [0.29, 0.717) is 6.54 Å². The van der Waals surface area contributed by atoms with Gasteiger partial charge in [0.05, 0.1) is 12.3 Å². The van der Waals surface area contributed by atoms with Gasteiger partial charge in [0.2, 0.25) is 0 Å². The van der Waals surface area contributed by atoms with E-state index in [2.05, 4.69) is 32.9 Å². The Labute approximate surface area is 145 Å². The molecule has 0 aliphatic rings. The fraction of sp³-hybridized carbons (Fsp3) is 0.316. The first-order valence-electron chi connectivity index (χ1n) is 8.23. The van der Waals surface area contributed by atoms with E-state index in [-0.39, 0.29) is 6.61 Å². The minimum atomic E-state index is -2.70. The highest BCUT2D eigenvalue weighted by Crippen LogP contribution is 2.25. The number of pyridine rings is 1. The molecule has 0 saturated carbocycles. The van der Waals surface area contributed by atoms with Gasteiger partial charge >= 0.3 is 6.61 Å². The van der Waals surface area contributed by atoms with E-state index < -0.39 is 6.61 Å². The van der Waals surface area contributed by atoms with Crippen LogP contribution in [0.1, 0.15) is 5.56 Å². The van der Waals surface area contributed by atoms with Crippen LogP contribution in [0, 0.1) is 0 Å². The van der Waals surface area contributed by atoms with E-state index in [1.165, 1.54) is 10.9 Å². The Hall–Kier alpha value is -2.31. The number of hydrogen-bond donors (Lipinski definition) is 1. The summed E-state index contributed by atoms with van der Waals surface area (Å²) in [4.78, 5) is 9.67. The monoisotopic (exact) mass is 345 g/mol. The number of ether oxygens (including phenoxy) is 1. The van der Waals surface area contributed by atoms with Crippen LogP contribution in [0.3, 0.4) is 0 Å². The van der Waals surface area contributed by atoms with E-state index >= 15 is 0 Å². The van der Waals surface area contributed by atoms with Gasteiger partial charge in [0.1, 0.15) is 0 Å². The van der Waals surface area contributed by atoms with E-state index in [9.17, 15) is 8.78 Å². The number of nitrogens with one attached hydrogen (secondary N) is 1. The first kappa shape index (κ1) is 17.5. The fourth-order valence-corrected chi connectivity index (χ4v) is 2.80. The van der Waals surface area contributed by atoms with Crippen LogP contribution in [-0.4, -0.2) is 48.2 Å². The van der Waals surface area contributed by atoms with E-state index in [4.69, 9.17) is 0 Å². The summed E-state index contributed by atoms with van der Waals surface area (Å²) < 4.78 is 28.3. The predicted molar refractivity (Wildman–Crippen MR) is 94.7 cm³/mol. The number of likely N-dealkylation sites (N-methyl/N-ethyl adjacent to an activating group) is 1. The molecule has 3 rings (SSSR count). The van der Waals surface area contributed by atoms with Crippen LogP contribution >= 0.6 is 0 Å². The van der Waals surface area contributed by atoms with Crippen molar-refractivity contribution in [3.63, 3.8) is 0 Å². The van der Waals surface area contributed by atoms with Gasteiger partial charge < -0.3 is 14.6 Å². The van der Waals surface area contributed by atoms with Crippen molar-refractivity contribution >= 4 is 10.9 Å². The minimum Gasteiger partial charge on any atom is -0.361 e. The Morgan fingerprint density at radius 2 is 2.08 bits per heavy atom. The molecule has 1 aromatic carbocycles. The molecule has 0 aliphatic carbocycles. The summed E-state index contributed by atoms with van der Waals surface area (Å²) >= 11 is 0. The number of hydrogen-bond acceptors (Lipinski definition) is 3. The normalized spacial score (nSPS) is 11.7. The van der Waals surface area contributed by atoms with Crippen LogP contribution in [0.5, 0.6) is 0 Å². The average molecular weight is 345 g/mol. The zero-order chi connectivity index (χ0) is 17.6. The molecule has 0 bridgehead atoms. The van der Waals surface area contributed by atoms with Crippen molar-refractivity contribution < 1.29 is 13.5 Å². The molecule has 1 N–H and O–H groups in total. The zero-order valence-electron chi connectivity index (χ0n) is 14.1. The molecule has 2 heterocycles. The average Bonchev–Trinajstić information content (AvgIpc) is 3.02. The number of H-pyrrole nitrogens is 1. The van der Waals surface area contributed by atoms with E-state index in [1.807, 2.05) is 36.3 Å². The summed E-state index contributed by atoms with van der Waals surface area (Å²) in [6.45, 7) is -1.42. The molecule has 4 nitrogen and oxygen atoms in total. The van der Waals surface area contributed by atoms with Crippen LogP contribution in [-0.2, 0) is 11.2 Å². The maximum Gasteiger partial charge on any atom is 0.345 e. The van der Waals surface area contributed by atoms with Crippen LogP contribution < -0.4 is 0 Å². The molecule has 0 atom stereocenters. The Morgan fingerprint density at radius 1 is 1.20 bits per heavy atom. The maximum atomic E-state index is 12.0. The minimum absolute atomic E-state index is 0.0336. The lowest BCUT2D eigenvalue weighted by Crippen LogP contribution is -2.26. The van der Waals surface area contributed by atoms with Crippen LogP contribution in [0.15, 0.2) is 48.8 Å². The molecule has 0 saturated heterocycles. The quantitative estimate of drug-likeness (QED) is 0.672. The van der Waals surface area contributed by atoms with Gasteiger partial charge in [-0.1, -0.05) is 12.1 Å². The second kappa shape index (κ2) is 8.18. The van der Waals surface area contributed by atoms with Gasteiger partial charge in [-0.2, -0.15) is 8.78 Å². The van der Waals surface area contributed by atoms with Crippen LogP contribution in [0.25, 0.3) is 22.2 Å². The summed E-state index contributed by atoms with van der Waals surface area (Å²) in [7, 11) is 1.91. The molecular weight excluding hydrogens is 324 g/mol. The topological polar surface area (TPSA) is 41.1 Å². The van der Waals surface area contributed by atoms with Gasteiger partial charge in [0.15, 0.2) is 0 Å². The molecule has 6 heteroatoms. The third-order valence-electron chi connectivity index (χ3n) is 4.21. The Morgan fingerprint density at radius 3 is 2.84 bits per heavy atom. The summed E-state index contributed by atoms with van der Waals surface area (Å²) in [5, 5.41) is 1.17. The standard InChI is InChI=1S/C19H21F2N3O/c1-24(10-11-25-19(20)21)9-7-15-13-23-18-6-5-14(12-16(15)18)17-4-2-3-8-22-17/h2-6,8,12-13,19,23H,7,9-11H2,1H3. The maximum absolute atomic E-state index is 12.0. The molecule has 2 aromatic heterocycles. The highest BCUT2D eigenvalue weighted by Gasteiger charge is 2.08. The Kier molecular flexibility index (Phi) is 5.73. The summed E-state index contributed by atoms with van der Waals surface area (Å²) in [6, 6.07) is 12.1. The number of aromatic nitrogens is 2. The first-order chi connectivity index (χ1) is 12.1. The van der Waals surface area contributed by atoms with E-state index in [1.54, 1.807) is 6.20 Å². The third kappa shape index (κ3) is 4.61. The van der Waals surface area contributed by atoms with Crippen molar-refractivity contribution in [3.8, 4) is 11.3 Å². The lowest BCUT2D eigenvalue weighted by atomic mass is 10.0.